The minimum atomic E-state index is -2.78. The van der Waals surface area contributed by atoms with Gasteiger partial charge >= 0.3 is 5.92 Å². The molecule has 7 heavy (non-hydrogen) atoms. The number of hydrogen-bond donors (Lipinski definition) is 0. The van der Waals surface area contributed by atoms with Gasteiger partial charge in [0.2, 0.25) is 0 Å². The number of rotatable bonds is 0. The molecule has 0 fully saturated rings. The first-order valence-electron chi connectivity index (χ1n) is 1.81. The number of aliphatic imine (C=N–C) groups is 1. The molecule has 0 radical (unpaired) electrons. The van der Waals surface area contributed by atoms with Crippen LogP contribution in [0.5, 0.6) is 0 Å². The third-order valence-electron chi connectivity index (χ3n) is 0.629. The summed E-state index contributed by atoms with van der Waals surface area (Å²) in [5, 5.41) is 0. The van der Waals surface area contributed by atoms with Gasteiger partial charge in [0.25, 0.3) is 0 Å². The zero-order valence-electron chi connectivity index (χ0n) is 3.44. The van der Waals surface area contributed by atoms with Crippen LogP contribution in [0.25, 0.3) is 0 Å². The summed E-state index contributed by atoms with van der Waals surface area (Å²) in [5.74, 6) is -2.78. The Kier molecular flexibility index (Phi) is 0.708. The molecule has 1 heterocycles. The van der Waals surface area contributed by atoms with Crippen molar-refractivity contribution in [2.24, 2.45) is 4.99 Å². The van der Waals surface area contributed by atoms with Gasteiger partial charge in [-0.3, -0.25) is 4.99 Å². The lowest BCUT2D eigenvalue weighted by molar-refractivity contribution is 0.143. The standard InChI is InChI=1S/C4H3F2N/c5-4(6)1-2-7-3-4/h1-3H. The summed E-state index contributed by atoms with van der Waals surface area (Å²) in [6.45, 7) is 0. The van der Waals surface area contributed by atoms with Crippen molar-refractivity contribution >= 4 is 6.21 Å². The molecule has 38 valence electrons. The van der Waals surface area contributed by atoms with E-state index in [2.05, 4.69) is 4.99 Å². The van der Waals surface area contributed by atoms with Gasteiger partial charge in [-0.15, -0.1) is 0 Å². The Morgan fingerprint density at radius 3 is 2.29 bits per heavy atom. The van der Waals surface area contributed by atoms with E-state index in [0.717, 1.165) is 12.3 Å². The van der Waals surface area contributed by atoms with Crippen LogP contribution in [-0.2, 0) is 0 Å². The Bertz CT molecular complexity index is 112. The van der Waals surface area contributed by atoms with Crippen LogP contribution < -0.4 is 0 Å². The van der Waals surface area contributed by atoms with Crippen molar-refractivity contribution in [2.75, 3.05) is 0 Å². The second-order valence-electron chi connectivity index (χ2n) is 1.27. The normalized spacial score (nSPS) is 23.7. The lowest BCUT2D eigenvalue weighted by atomic mass is 10.4. The maximum Gasteiger partial charge on any atom is 0.303 e. The monoisotopic (exact) mass is 103 g/mol. The highest BCUT2D eigenvalue weighted by Crippen LogP contribution is 2.15. The number of hydrogen-bond acceptors (Lipinski definition) is 1. The van der Waals surface area contributed by atoms with Gasteiger partial charge in [0.1, 0.15) is 0 Å². The molecule has 0 aromatic carbocycles. The molecule has 1 aliphatic heterocycles. The summed E-state index contributed by atoms with van der Waals surface area (Å²) in [4.78, 5) is 3.18. The maximum absolute atomic E-state index is 11.7. The van der Waals surface area contributed by atoms with Crippen molar-refractivity contribution in [1.82, 2.24) is 0 Å². The minimum Gasteiger partial charge on any atom is -0.263 e. The second kappa shape index (κ2) is 1.12. The van der Waals surface area contributed by atoms with Crippen LogP contribution in [-0.4, -0.2) is 12.1 Å². The summed E-state index contributed by atoms with van der Waals surface area (Å²) in [6.07, 6.45) is 2.43. The van der Waals surface area contributed by atoms with E-state index in [1.807, 2.05) is 0 Å². The maximum atomic E-state index is 11.7. The van der Waals surface area contributed by atoms with Crippen LogP contribution in [0.3, 0.4) is 0 Å². The van der Waals surface area contributed by atoms with Crippen LogP contribution in [0, 0.1) is 0 Å². The lowest BCUT2D eigenvalue weighted by Gasteiger charge is -1.94. The molecule has 0 bridgehead atoms. The molecule has 3 heteroatoms. The summed E-state index contributed by atoms with van der Waals surface area (Å²) in [6, 6.07) is 0. The first-order chi connectivity index (χ1) is 3.21. The predicted octanol–water partition coefficient (Wildman–Crippen LogP) is 1.22. The largest absolute Gasteiger partial charge is 0.303 e. The summed E-state index contributed by atoms with van der Waals surface area (Å²) in [5.41, 5.74) is 0. The summed E-state index contributed by atoms with van der Waals surface area (Å²) < 4.78 is 23.4. The van der Waals surface area contributed by atoms with Gasteiger partial charge in [0, 0.05) is 12.3 Å². The van der Waals surface area contributed by atoms with Gasteiger partial charge in [-0.2, -0.15) is 8.78 Å². The Morgan fingerprint density at radius 1 is 1.43 bits per heavy atom. The zero-order valence-corrected chi connectivity index (χ0v) is 3.44. The van der Waals surface area contributed by atoms with E-state index >= 15 is 0 Å². The molecule has 0 aliphatic carbocycles. The van der Waals surface area contributed by atoms with Crippen LogP contribution >= 0.6 is 0 Å². The SMILES string of the molecule is FC1(F)C=CN=C1. The molecule has 0 amide bonds. The molecule has 0 atom stereocenters. The highest BCUT2D eigenvalue weighted by Gasteiger charge is 2.23. The van der Waals surface area contributed by atoms with Gasteiger partial charge < -0.3 is 0 Å². The molecular formula is C4H3F2N. The third-order valence-corrected chi connectivity index (χ3v) is 0.629. The molecule has 0 saturated heterocycles. The third kappa shape index (κ3) is 0.824. The van der Waals surface area contributed by atoms with Gasteiger partial charge in [0.05, 0.1) is 6.21 Å². The molecule has 0 spiro atoms. The van der Waals surface area contributed by atoms with E-state index in [1.165, 1.54) is 0 Å². The average Bonchev–Trinajstić information content (AvgIpc) is 1.84. The van der Waals surface area contributed by atoms with Crippen LogP contribution in [0.4, 0.5) is 8.78 Å². The molecule has 0 saturated carbocycles. The van der Waals surface area contributed by atoms with Gasteiger partial charge in [-0.25, -0.2) is 0 Å². The fraction of sp³-hybridized carbons (Fsp3) is 0.250. The summed E-state index contributed by atoms with van der Waals surface area (Å²) >= 11 is 0. The molecule has 1 rings (SSSR count). The van der Waals surface area contributed by atoms with Gasteiger partial charge in [0.15, 0.2) is 0 Å². The lowest BCUT2D eigenvalue weighted by Crippen LogP contribution is -2.09. The molecule has 0 unspecified atom stereocenters. The molecule has 1 nitrogen and oxygen atoms in total. The van der Waals surface area contributed by atoms with E-state index in [9.17, 15) is 8.78 Å². The van der Waals surface area contributed by atoms with Gasteiger partial charge in [-0.1, -0.05) is 0 Å². The zero-order chi connectivity index (χ0) is 5.33. The van der Waals surface area contributed by atoms with Crippen molar-refractivity contribution in [3.05, 3.63) is 12.3 Å². The van der Waals surface area contributed by atoms with E-state index in [0.29, 0.717) is 6.21 Å². The Hall–Kier alpha value is -0.730. The molecular weight excluding hydrogens is 100 g/mol. The number of halogens is 2. The Morgan fingerprint density at radius 2 is 2.14 bits per heavy atom. The first-order valence-corrected chi connectivity index (χ1v) is 1.81. The number of nitrogens with zero attached hydrogens (tertiary/aromatic N) is 1. The van der Waals surface area contributed by atoms with E-state index in [1.54, 1.807) is 0 Å². The Labute approximate surface area is 39.4 Å². The topological polar surface area (TPSA) is 12.4 Å². The highest BCUT2D eigenvalue weighted by atomic mass is 19.3. The highest BCUT2D eigenvalue weighted by molar-refractivity contribution is 5.72. The van der Waals surface area contributed by atoms with Crippen molar-refractivity contribution in [2.45, 2.75) is 5.92 Å². The van der Waals surface area contributed by atoms with Crippen molar-refractivity contribution < 1.29 is 8.78 Å². The average molecular weight is 103 g/mol. The van der Waals surface area contributed by atoms with Crippen molar-refractivity contribution in [1.29, 1.82) is 0 Å². The molecule has 0 aromatic rings. The Balaban J connectivity index is 2.77. The smallest absolute Gasteiger partial charge is 0.263 e. The van der Waals surface area contributed by atoms with Crippen molar-refractivity contribution in [3.8, 4) is 0 Å². The quantitative estimate of drug-likeness (QED) is 0.437. The van der Waals surface area contributed by atoms with Gasteiger partial charge in [-0.05, 0) is 0 Å². The molecule has 1 aliphatic rings. The predicted molar refractivity (Wildman–Crippen MR) is 22.6 cm³/mol. The molecule has 0 aromatic heterocycles. The first kappa shape index (κ1) is 4.43. The number of allylic oxidation sites excluding steroid dienone is 1. The van der Waals surface area contributed by atoms with E-state index in [4.69, 9.17) is 0 Å². The van der Waals surface area contributed by atoms with Crippen LogP contribution in [0.1, 0.15) is 0 Å². The van der Waals surface area contributed by atoms with Crippen LogP contribution in [0.15, 0.2) is 17.3 Å². The van der Waals surface area contributed by atoms with E-state index < -0.39 is 5.92 Å². The minimum absolute atomic E-state index is 0.604. The number of alkyl halides is 2. The second-order valence-corrected chi connectivity index (χ2v) is 1.27. The van der Waals surface area contributed by atoms with E-state index in [-0.39, 0.29) is 0 Å². The fourth-order valence-electron chi connectivity index (χ4n) is 0.328. The summed E-state index contributed by atoms with van der Waals surface area (Å²) in [7, 11) is 0. The molecule has 0 N–H and O–H groups in total. The fourth-order valence-corrected chi connectivity index (χ4v) is 0.328. The van der Waals surface area contributed by atoms with Crippen LogP contribution in [0.2, 0.25) is 0 Å². The van der Waals surface area contributed by atoms with Crippen molar-refractivity contribution in [3.63, 3.8) is 0 Å².